The molecule has 0 aliphatic heterocycles. The third-order valence-corrected chi connectivity index (χ3v) is 2.58. The van der Waals surface area contributed by atoms with Crippen LogP contribution in [0.15, 0.2) is 22.6 Å². The van der Waals surface area contributed by atoms with Crippen LogP contribution < -0.4 is 0 Å². The minimum absolute atomic E-state index is 0.111. The summed E-state index contributed by atoms with van der Waals surface area (Å²) < 4.78 is 14.8. The topological polar surface area (TPSA) is 69.0 Å². The highest BCUT2D eigenvalue weighted by molar-refractivity contribution is 5.93. The Labute approximate surface area is 117 Å². The van der Waals surface area contributed by atoms with Crippen molar-refractivity contribution < 1.29 is 23.5 Å². The lowest BCUT2D eigenvalue weighted by Gasteiger charge is -2.19. The van der Waals surface area contributed by atoms with E-state index in [2.05, 4.69) is 4.74 Å². The van der Waals surface area contributed by atoms with Gasteiger partial charge >= 0.3 is 5.97 Å². The molecule has 0 spiro atoms. The molecule has 0 saturated heterocycles. The maximum absolute atomic E-state index is 12.0. The molecule has 0 aliphatic rings. The fourth-order valence-corrected chi connectivity index (χ4v) is 1.49. The van der Waals surface area contributed by atoms with Gasteiger partial charge in [-0.15, -0.1) is 0 Å². The quantitative estimate of drug-likeness (QED) is 0.556. The normalized spacial score (nSPS) is 10.8. The number of ether oxygens (including phenoxy) is 2. The molecule has 0 aliphatic carbocycles. The first-order valence-electron chi connectivity index (χ1n) is 6.16. The fraction of sp³-hybridized carbons (Fsp3) is 0.429. The number of aryl methyl sites for hydroxylation is 1. The van der Waals surface area contributed by atoms with Gasteiger partial charge in [-0.25, -0.2) is 0 Å². The molecule has 0 bridgehead atoms. The van der Waals surface area contributed by atoms with Crippen LogP contribution >= 0.6 is 0 Å². The Bertz CT molecular complexity index is 478. The second-order valence-electron chi connectivity index (χ2n) is 4.11. The van der Waals surface area contributed by atoms with Gasteiger partial charge in [0.2, 0.25) is 5.91 Å². The van der Waals surface area contributed by atoms with E-state index >= 15 is 0 Å². The van der Waals surface area contributed by atoms with Crippen molar-refractivity contribution in [2.24, 2.45) is 0 Å². The van der Waals surface area contributed by atoms with E-state index in [-0.39, 0.29) is 12.5 Å². The van der Waals surface area contributed by atoms with Gasteiger partial charge in [-0.05, 0) is 25.1 Å². The largest absolute Gasteiger partial charge is 0.468 e. The van der Waals surface area contributed by atoms with Crippen molar-refractivity contribution in [1.29, 1.82) is 0 Å². The Morgan fingerprint density at radius 1 is 1.35 bits per heavy atom. The summed E-state index contributed by atoms with van der Waals surface area (Å²) >= 11 is 0. The Kier molecular flexibility index (Phi) is 6.52. The summed E-state index contributed by atoms with van der Waals surface area (Å²) in [4.78, 5) is 24.6. The van der Waals surface area contributed by atoms with Gasteiger partial charge in [-0.2, -0.15) is 0 Å². The summed E-state index contributed by atoms with van der Waals surface area (Å²) in [5.74, 6) is 0.571. The van der Waals surface area contributed by atoms with Gasteiger partial charge in [0.1, 0.15) is 18.1 Å². The maximum Gasteiger partial charge on any atom is 0.325 e. The standard InChI is InChI=1S/C14H19NO5/c1-11-4-5-12(20-11)6-7-13(16)15(8-9-18-2)10-14(17)19-3/h4-7H,8-10H2,1-3H3. The van der Waals surface area contributed by atoms with E-state index in [4.69, 9.17) is 9.15 Å². The van der Waals surface area contributed by atoms with E-state index in [1.54, 1.807) is 18.2 Å². The van der Waals surface area contributed by atoms with Crippen LogP contribution in [0, 0.1) is 6.92 Å². The summed E-state index contributed by atoms with van der Waals surface area (Å²) in [7, 11) is 2.81. The van der Waals surface area contributed by atoms with Crippen molar-refractivity contribution in [3.8, 4) is 0 Å². The molecule has 0 radical (unpaired) electrons. The number of carbonyl (C=O) groups excluding carboxylic acids is 2. The minimum Gasteiger partial charge on any atom is -0.468 e. The Balaban J connectivity index is 2.66. The summed E-state index contributed by atoms with van der Waals surface area (Å²) in [5.41, 5.74) is 0. The minimum atomic E-state index is -0.475. The van der Waals surface area contributed by atoms with Crippen LogP contribution in [-0.4, -0.2) is 50.7 Å². The molecular weight excluding hydrogens is 262 g/mol. The summed E-state index contributed by atoms with van der Waals surface area (Å²) in [6, 6.07) is 3.57. The molecule has 0 aromatic carbocycles. The molecule has 110 valence electrons. The lowest BCUT2D eigenvalue weighted by Crippen LogP contribution is -2.37. The van der Waals surface area contributed by atoms with Crippen LogP contribution in [0.2, 0.25) is 0 Å². The monoisotopic (exact) mass is 281 g/mol. The molecule has 20 heavy (non-hydrogen) atoms. The third-order valence-electron chi connectivity index (χ3n) is 2.58. The molecule has 0 fully saturated rings. The summed E-state index contributed by atoms with van der Waals surface area (Å²) in [6.45, 7) is 2.36. The van der Waals surface area contributed by atoms with Crippen LogP contribution in [0.5, 0.6) is 0 Å². The molecule has 0 N–H and O–H groups in total. The first kappa shape index (κ1) is 16.0. The van der Waals surface area contributed by atoms with Crippen LogP contribution in [-0.2, 0) is 19.1 Å². The number of furan rings is 1. The van der Waals surface area contributed by atoms with E-state index < -0.39 is 5.97 Å². The number of esters is 1. The highest BCUT2D eigenvalue weighted by Gasteiger charge is 2.15. The van der Waals surface area contributed by atoms with Crippen LogP contribution in [0.25, 0.3) is 6.08 Å². The zero-order valence-electron chi connectivity index (χ0n) is 11.9. The molecule has 1 aromatic heterocycles. The van der Waals surface area contributed by atoms with Crippen LogP contribution in [0.4, 0.5) is 0 Å². The first-order chi connectivity index (χ1) is 9.56. The molecule has 1 heterocycles. The SMILES string of the molecule is COCCN(CC(=O)OC)C(=O)C=Cc1ccc(C)o1. The molecule has 0 atom stereocenters. The predicted octanol–water partition coefficient (Wildman–Crippen LogP) is 1.25. The number of carbonyl (C=O) groups is 2. The lowest BCUT2D eigenvalue weighted by atomic mass is 10.3. The van der Waals surface area contributed by atoms with Crippen molar-refractivity contribution in [3.63, 3.8) is 0 Å². The van der Waals surface area contributed by atoms with E-state index in [0.29, 0.717) is 18.9 Å². The Morgan fingerprint density at radius 2 is 2.10 bits per heavy atom. The van der Waals surface area contributed by atoms with Crippen LogP contribution in [0.1, 0.15) is 11.5 Å². The van der Waals surface area contributed by atoms with Gasteiger partial charge in [-0.3, -0.25) is 9.59 Å². The first-order valence-corrected chi connectivity index (χ1v) is 6.16. The molecule has 0 unspecified atom stereocenters. The van der Waals surface area contributed by atoms with Gasteiger partial charge in [0, 0.05) is 19.7 Å². The second-order valence-corrected chi connectivity index (χ2v) is 4.11. The van der Waals surface area contributed by atoms with E-state index in [1.807, 2.05) is 6.92 Å². The molecule has 6 heteroatoms. The van der Waals surface area contributed by atoms with Gasteiger partial charge in [0.15, 0.2) is 0 Å². The second kappa shape index (κ2) is 8.16. The van der Waals surface area contributed by atoms with Crippen molar-refractivity contribution >= 4 is 18.0 Å². The summed E-state index contributed by atoms with van der Waals surface area (Å²) in [5, 5.41) is 0. The van der Waals surface area contributed by atoms with E-state index in [1.165, 1.54) is 25.2 Å². The zero-order valence-corrected chi connectivity index (χ0v) is 11.9. The van der Waals surface area contributed by atoms with Gasteiger partial charge in [0.25, 0.3) is 0 Å². The smallest absolute Gasteiger partial charge is 0.325 e. The number of amides is 1. The number of rotatable bonds is 7. The molecular formula is C14H19NO5. The zero-order chi connectivity index (χ0) is 15.0. The average molecular weight is 281 g/mol. The highest BCUT2D eigenvalue weighted by atomic mass is 16.5. The molecule has 1 rings (SSSR count). The van der Waals surface area contributed by atoms with Gasteiger partial charge in [-0.1, -0.05) is 0 Å². The molecule has 1 aromatic rings. The summed E-state index contributed by atoms with van der Waals surface area (Å²) in [6.07, 6.45) is 2.92. The van der Waals surface area contributed by atoms with Crippen molar-refractivity contribution in [2.75, 3.05) is 33.9 Å². The van der Waals surface area contributed by atoms with Crippen LogP contribution in [0.3, 0.4) is 0 Å². The highest BCUT2D eigenvalue weighted by Crippen LogP contribution is 2.08. The van der Waals surface area contributed by atoms with Crippen molar-refractivity contribution in [1.82, 2.24) is 4.90 Å². The van der Waals surface area contributed by atoms with Gasteiger partial charge in [0.05, 0.1) is 13.7 Å². The lowest BCUT2D eigenvalue weighted by molar-refractivity contribution is -0.145. The predicted molar refractivity (Wildman–Crippen MR) is 73.0 cm³/mol. The molecule has 0 saturated carbocycles. The van der Waals surface area contributed by atoms with Gasteiger partial charge < -0.3 is 18.8 Å². The maximum atomic E-state index is 12.0. The van der Waals surface area contributed by atoms with Crippen molar-refractivity contribution in [3.05, 3.63) is 29.7 Å². The number of nitrogens with zero attached hydrogens (tertiary/aromatic N) is 1. The number of hydrogen-bond donors (Lipinski definition) is 0. The Morgan fingerprint density at radius 3 is 2.65 bits per heavy atom. The Hall–Kier alpha value is -2.08. The third kappa shape index (κ3) is 5.27. The number of methoxy groups -OCH3 is 2. The molecule has 1 amide bonds. The fourth-order valence-electron chi connectivity index (χ4n) is 1.49. The van der Waals surface area contributed by atoms with E-state index in [9.17, 15) is 9.59 Å². The molecule has 6 nitrogen and oxygen atoms in total. The number of hydrogen-bond acceptors (Lipinski definition) is 5. The van der Waals surface area contributed by atoms with Crippen molar-refractivity contribution in [2.45, 2.75) is 6.92 Å². The van der Waals surface area contributed by atoms with E-state index in [0.717, 1.165) is 5.76 Å². The average Bonchev–Trinajstić information content (AvgIpc) is 2.86.